The molecule has 3 nitrogen and oxygen atoms in total. The van der Waals surface area contributed by atoms with Crippen molar-refractivity contribution in [3.05, 3.63) is 63.6 Å². The maximum absolute atomic E-state index is 12.3. The largest absolute Gasteiger partial charge is 0.293 e. The normalized spacial score (nSPS) is 11.4. The van der Waals surface area contributed by atoms with Crippen molar-refractivity contribution in [1.29, 1.82) is 0 Å². The minimum absolute atomic E-state index is 0.0150. The van der Waals surface area contributed by atoms with Crippen molar-refractivity contribution >= 4 is 38.8 Å². The first kappa shape index (κ1) is 16.0. The van der Waals surface area contributed by atoms with Crippen molar-refractivity contribution in [2.45, 2.75) is 11.8 Å². The molecule has 0 bridgehead atoms. The molecule has 0 aliphatic carbocycles. The van der Waals surface area contributed by atoms with Gasteiger partial charge in [-0.3, -0.25) is 4.79 Å². The van der Waals surface area contributed by atoms with Gasteiger partial charge in [-0.2, -0.15) is 0 Å². The van der Waals surface area contributed by atoms with Gasteiger partial charge in [-0.05, 0) is 30.7 Å². The van der Waals surface area contributed by atoms with Crippen LogP contribution in [0.3, 0.4) is 0 Å². The number of rotatable bonds is 4. The Hall–Kier alpha value is -1.36. The highest BCUT2D eigenvalue weighted by Crippen LogP contribution is 2.25. The number of Topliss-reactive ketones (excluding diaryl/α,β-unsaturated/α-hetero) is 1. The lowest BCUT2D eigenvalue weighted by Gasteiger charge is -2.07. The number of aryl methyl sites for hydroxylation is 1. The third kappa shape index (κ3) is 3.64. The van der Waals surface area contributed by atoms with Crippen LogP contribution in [0.2, 0.25) is 10.0 Å². The molecule has 0 atom stereocenters. The summed E-state index contributed by atoms with van der Waals surface area (Å²) in [4.78, 5) is 12.2. The first-order chi connectivity index (χ1) is 9.81. The average molecular weight is 343 g/mol. The summed E-state index contributed by atoms with van der Waals surface area (Å²) in [7, 11) is -3.76. The van der Waals surface area contributed by atoms with E-state index in [1.54, 1.807) is 31.2 Å². The molecule has 0 amide bonds. The molecule has 2 rings (SSSR count). The molecule has 2 aromatic carbocycles. The second-order valence-corrected chi connectivity index (χ2v) is 7.38. The lowest BCUT2D eigenvalue weighted by atomic mass is 10.1. The van der Waals surface area contributed by atoms with E-state index >= 15 is 0 Å². The van der Waals surface area contributed by atoms with Crippen LogP contribution in [0.4, 0.5) is 0 Å². The number of benzene rings is 2. The monoisotopic (exact) mass is 342 g/mol. The van der Waals surface area contributed by atoms with Gasteiger partial charge >= 0.3 is 0 Å². The maximum Gasteiger partial charge on any atom is 0.185 e. The maximum atomic E-state index is 12.3. The van der Waals surface area contributed by atoms with E-state index in [0.29, 0.717) is 5.56 Å². The van der Waals surface area contributed by atoms with Gasteiger partial charge in [0, 0.05) is 5.56 Å². The average Bonchev–Trinajstić information content (AvgIpc) is 2.41. The van der Waals surface area contributed by atoms with Crippen LogP contribution in [0.15, 0.2) is 47.4 Å². The van der Waals surface area contributed by atoms with Crippen LogP contribution >= 0.6 is 23.2 Å². The van der Waals surface area contributed by atoms with Gasteiger partial charge in [-0.1, -0.05) is 47.5 Å². The number of ketones is 1. The molecular formula is C15H12Cl2O3S. The van der Waals surface area contributed by atoms with Gasteiger partial charge in [-0.15, -0.1) is 0 Å². The van der Waals surface area contributed by atoms with Crippen LogP contribution in [0, 0.1) is 6.92 Å². The summed E-state index contributed by atoms with van der Waals surface area (Å²) >= 11 is 11.6. The van der Waals surface area contributed by atoms with Crippen molar-refractivity contribution in [2.24, 2.45) is 0 Å². The predicted octanol–water partition coefficient (Wildman–Crippen LogP) is 3.96. The van der Waals surface area contributed by atoms with E-state index in [2.05, 4.69) is 0 Å². The summed E-state index contributed by atoms with van der Waals surface area (Å²) in [6.45, 7) is 1.76. The summed E-state index contributed by atoms with van der Waals surface area (Å²) in [5.74, 6) is -1.05. The topological polar surface area (TPSA) is 51.2 Å². The fraction of sp³-hybridized carbons (Fsp3) is 0.133. The molecule has 0 unspecified atom stereocenters. The van der Waals surface area contributed by atoms with E-state index in [1.165, 1.54) is 18.2 Å². The summed E-state index contributed by atoms with van der Waals surface area (Å²) < 4.78 is 24.5. The van der Waals surface area contributed by atoms with E-state index in [4.69, 9.17) is 23.2 Å². The van der Waals surface area contributed by atoms with Crippen LogP contribution in [0.25, 0.3) is 0 Å². The number of halogens is 2. The van der Waals surface area contributed by atoms with E-state index in [-0.39, 0.29) is 14.9 Å². The summed E-state index contributed by atoms with van der Waals surface area (Å²) in [6.07, 6.45) is 0. The number of carbonyl (C=O) groups excluding carboxylic acids is 1. The third-order valence-electron chi connectivity index (χ3n) is 3.02. The molecule has 0 N–H and O–H groups in total. The zero-order valence-electron chi connectivity index (χ0n) is 11.1. The second-order valence-electron chi connectivity index (χ2n) is 4.57. The molecule has 0 saturated carbocycles. The molecule has 0 aliphatic heterocycles. The Kier molecular flexibility index (Phi) is 4.71. The van der Waals surface area contributed by atoms with E-state index in [9.17, 15) is 13.2 Å². The highest BCUT2D eigenvalue weighted by Gasteiger charge is 2.22. The van der Waals surface area contributed by atoms with Gasteiger partial charge in [0.05, 0.1) is 14.9 Å². The van der Waals surface area contributed by atoms with Crippen molar-refractivity contribution in [3.8, 4) is 0 Å². The summed E-state index contributed by atoms with van der Waals surface area (Å²) in [5, 5.41) is 0.405. The molecule has 6 heteroatoms. The standard InChI is InChI=1S/C15H12Cl2O3S/c1-10-4-2-3-5-12(10)15(18)9-21(19,20)11-6-7-13(16)14(17)8-11/h2-8H,9H2,1H3. The highest BCUT2D eigenvalue weighted by atomic mass is 35.5. The van der Waals surface area contributed by atoms with Crippen molar-refractivity contribution < 1.29 is 13.2 Å². The van der Waals surface area contributed by atoms with Gasteiger partial charge < -0.3 is 0 Å². The van der Waals surface area contributed by atoms with Crippen LogP contribution in [-0.2, 0) is 9.84 Å². The summed E-state index contributed by atoms with van der Waals surface area (Å²) in [5.41, 5.74) is 1.15. The third-order valence-corrected chi connectivity index (χ3v) is 5.37. The van der Waals surface area contributed by atoms with Crippen LogP contribution in [0.1, 0.15) is 15.9 Å². The Morgan fingerprint density at radius 1 is 1.05 bits per heavy atom. The van der Waals surface area contributed by atoms with Gasteiger partial charge in [-0.25, -0.2) is 8.42 Å². The van der Waals surface area contributed by atoms with Gasteiger partial charge in [0.25, 0.3) is 0 Å². The molecule has 0 aliphatic rings. The van der Waals surface area contributed by atoms with Crippen molar-refractivity contribution in [3.63, 3.8) is 0 Å². The number of sulfone groups is 1. The van der Waals surface area contributed by atoms with E-state index in [0.717, 1.165) is 5.56 Å². The lowest BCUT2D eigenvalue weighted by molar-refractivity contribution is 0.102. The number of carbonyl (C=O) groups is 1. The van der Waals surface area contributed by atoms with Gasteiger partial charge in [0.2, 0.25) is 0 Å². The van der Waals surface area contributed by atoms with Crippen LogP contribution < -0.4 is 0 Å². The smallest absolute Gasteiger partial charge is 0.185 e. The first-order valence-corrected chi connectivity index (χ1v) is 8.49. The van der Waals surface area contributed by atoms with Crippen molar-refractivity contribution in [1.82, 2.24) is 0 Å². The molecule has 0 saturated heterocycles. The Balaban J connectivity index is 2.31. The Bertz CT molecular complexity index is 798. The second kappa shape index (κ2) is 6.18. The van der Waals surface area contributed by atoms with Crippen molar-refractivity contribution in [2.75, 3.05) is 5.75 Å². The predicted molar refractivity (Wildman–Crippen MR) is 84.0 cm³/mol. The zero-order valence-corrected chi connectivity index (χ0v) is 13.5. The molecule has 0 fully saturated rings. The molecule has 2 aromatic rings. The van der Waals surface area contributed by atoms with Crippen LogP contribution in [-0.4, -0.2) is 20.0 Å². The van der Waals surface area contributed by atoms with Gasteiger partial charge in [0.15, 0.2) is 15.6 Å². The molecular weight excluding hydrogens is 331 g/mol. The van der Waals surface area contributed by atoms with E-state index in [1.807, 2.05) is 0 Å². The molecule has 0 aromatic heterocycles. The molecule has 0 spiro atoms. The molecule has 110 valence electrons. The zero-order chi connectivity index (χ0) is 15.6. The fourth-order valence-electron chi connectivity index (χ4n) is 1.89. The molecule has 21 heavy (non-hydrogen) atoms. The van der Waals surface area contributed by atoms with Gasteiger partial charge in [0.1, 0.15) is 5.75 Å². The van der Waals surface area contributed by atoms with E-state index < -0.39 is 21.4 Å². The minimum Gasteiger partial charge on any atom is -0.293 e. The molecule has 0 heterocycles. The Morgan fingerprint density at radius 3 is 2.33 bits per heavy atom. The minimum atomic E-state index is -3.76. The highest BCUT2D eigenvalue weighted by molar-refractivity contribution is 7.92. The fourth-order valence-corrected chi connectivity index (χ4v) is 3.49. The number of hydrogen-bond donors (Lipinski definition) is 0. The first-order valence-electron chi connectivity index (χ1n) is 6.08. The Labute approximate surface area is 133 Å². The van der Waals surface area contributed by atoms with Crippen LogP contribution in [0.5, 0.6) is 0 Å². The quantitative estimate of drug-likeness (QED) is 0.790. The Morgan fingerprint density at radius 2 is 1.71 bits per heavy atom. The number of hydrogen-bond acceptors (Lipinski definition) is 3. The summed E-state index contributed by atoms with van der Waals surface area (Å²) in [6, 6.07) is 10.9. The SMILES string of the molecule is Cc1ccccc1C(=O)CS(=O)(=O)c1ccc(Cl)c(Cl)c1. The molecule has 0 radical (unpaired) electrons. The lowest BCUT2D eigenvalue weighted by Crippen LogP contribution is -2.17.